The Kier molecular flexibility index (Phi) is 10.8. The van der Waals surface area contributed by atoms with Crippen LogP contribution in [-0.4, -0.2) is 67.9 Å². The van der Waals surface area contributed by atoms with Crippen molar-refractivity contribution in [1.29, 1.82) is 0 Å². The van der Waals surface area contributed by atoms with Gasteiger partial charge in [0.25, 0.3) is 0 Å². The van der Waals surface area contributed by atoms with Gasteiger partial charge in [-0.25, -0.2) is 4.79 Å². The molecule has 2 heterocycles. The molecule has 2 fully saturated rings. The molecule has 0 saturated carbocycles. The Balaban J connectivity index is 2.08. The van der Waals surface area contributed by atoms with Crippen molar-refractivity contribution in [2.75, 3.05) is 33.4 Å². The second-order valence-corrected chi connectivity index (χ2v) is 8.26. The molecule has 0 unspecified atom stereocenters. The third-order valence-corrected chi connectivity index (χ3v) is 5.81. The van der Waals surface area contributed by atoms with Crippen LogP contribution in [0.2, 0.25) is 0 Å². The maximum Gasteiger partial charge on any atom is 0.330 e. The average molecular weight is 425 g/mol. The summed E-state index contributed by atoms with van der Waals surface area (Å²) in [4.78, 5) is 51.9. The monoisotopic (exact) mass is 424 g/mol. The highest BCUT2D eigenvalue weighted by atomic mass is 16.5. The van der Waals surface area contributed by atoms with Crippen LogP contribution in [0, 0.1) is 5.92 Å². The number of nitrogens with one attached hydrogen (secondary N) is 1. The van der Waals surface area contributed by atoms with E-state index in [0.29, 0.717) is 26.1 Å². The maximum absolute atomic E-state index is 12.9. The van der Waals surface area contributed by atoms with E-state index in [2.05, 4.69) is 5.32 Å². The number of rotatable bonds is 3. The van der Waals surface area contributed by atoms with Gasteiger partial charge in [0.2, 0.25) is 11.8 Å². The van der Waals surface area contributed by atoms with Crippen LogP contribution in [0.4, 0.5) is 0 Å². The quantitative estimate of drug-likeness (QED) is 0.695. The molecule has 0 bridgehead atoms. The first-order valence-electron chi connectivity index (χ1n) is 11.3. The number of methoxy groups -OCH3 is 1. The molecule has 8 nitrogen and oxygen atoms in total. The van der Waals surface area contributed by atoms with E-state index in [1.54, 1.807) is 4.90 Å². The first-order valence-corrected chi connectivity index (χ1v) is 11.3. The fourth-order valence-corrected chi connectivity index (χ4v) is 3.98. The molecule has 170 valence electrons. The molecule has 0 aromatic heterocycles. The lowest BCUT2D eigenvalue weighted by Gasteiger charge is -2.23. The van der Waals surface area contributed by atoms with Crippen LogP contribution < -0.4 is 5.32 Å². The van der Waals surface area contributed by atoms with Crippen molar-refractivity contribution in [2.45, 2.75) is 76.7 Å². The number of nitrogens with zero attached hydrogens (tertiary/aromatic N) is 1. The number of ether oxygens (including phenoxy) is 2. The molecule has 30 heavy (non-hydrogen) atoms. The SMILES string of the molecule is COC(=O)[C@@H]1COCCCCCCCCC(=O)C[C@@H](CC(=O)N2CCCC2)C(=O)N1. The predicted molar refractivity (Wildman–Crippen MR) is 111 cm³/mol. The van der Waals surface area contributed by atoms with Crippen molar-refractivity contribution in [2.24, 2.45) is 5.92 Å². The zero-order valence-corrected chi connectivity index (χ0v) is 18.2. The highest BCUT2D eigenvalue weighted by Crippen LogP contribution is 2.18. The van der Waals surface area contributed by atoms with Crippen LogP contribution in [0.3, 0.4) is 0 Å². The van der Waals surface area contributed by atoms with Gasteiger partial charge in [0.05, 0.1) is 19.6 Å². The molecule has 2 amide bonds. The van der Waals surface area contributed by atoms with Gasteiger partial charge in [-0.05, 0) is 25.7 Å². The normalized spacial score (nSPS) is 25.6. The van der Waals surface area contributed by atoms with Gasteiger partial charge in [0.15, 0.2) is 6.04 Å². The Bertz CT molecular complexity index is 588. The second-order valence-electron chi connectivity index (χ2n) is 8.26. The third kappa shape index (κ3) is 8.42. The number of carbonyl (C=O) groups excluding carboxylic acids is 4. The molecular formula is C22H36N2O6. The van der Waals surface area contributed by atoms with Gasteiger partial charge in [-0.2, -0.15) is 0 Å². The zero-order chi connectivity index (χ0) is 21.8. The minimum absolute atomic E-state index is 0.0117. The van der Waals surface area contributed by atoms with Crippen LogP contribution in [-0.2, 0) is 28.7 Å². The smallest absolute Gasteiger partial charge is 0.330 e. The molecule has 8 heteroatoms. The van der Waals surface area contributed by atoms with Crippen molar-refractivity contribution >= 4 is 23.6 Å². The second kappa shape index (κ2) is 13.4. The highest BCUT2D eigenvalue weighted by molar-refractivity contribution is 5.92. The molecule has 0 aromatic carbocycles. The van der Waals surface area contributed by atoms with Crippen molar-refractivity contribution in [3.8, 4) is 0 Å². The van der Waals surface area contributed by atoms with Crippen molar-refractivity contribution in [3.63, 3.8) is 0 Å². The number of amides is 2. The minimum Gasteiger partial charge on any atom is -0.467 e. The van der Waals surface area contributed by atoms with Gasteiger partial charge in [-0.3, -0.25) is 14.4 Å². The summed E-state index contributed by atoms with van der Waals surface area (Å²) in [6, 6.07) is -0.949. The van der Waals surface area contributed by atoms with Crippen LogP contribution in [0.1, 0.15) is 70.6 Å². The van der Waals surface area contributed by atoms with Gasteiger partial charge >= 0.3 is 5.97 Å². The van der Waals surface area contributed by atoms with Gasteiger partial charge < -0.3 is 19.7 Å². The number of ketones is 1. The molecule has 2 aliphatic rings. The molecule has 1 N–H and O–H groups in total. The first-order chi connectivity index (χ1) is 14.5. The largest absolute Gasteiger partial charge is 0.467 e. The highest BCUT2D eigenvalue weighted by Gasteiger charge is 2.31. The number of esters is 1. The molecule has 2 aliphatic heterocycles. The van der Waals surface area contributed by atoms with Gasteiger partial charge in [0, 0.05) is 39.0 Å². The van der Waals surface area contributed by atoms with Gasteiger partial charge in [-0.1, -0.05) is 25.7 Å². The Morgan fingerprint density at radius 3 is 2.40 bits per heavy atom. The summed E-state index contributed by atoms with van der Waals surface area (Å²) >= 11 is 0. The number of Topliss-reactive ketones (excluding diaryl/α,β-unsaturated/α-hetero) is 1. The fourth-order valence-electron chi connectivity index (χ4n) is 3.98. The van der Waals surface area contributed by atoms with Gasteiger partial charge in [-0.15, -0.1) is 0 Å². The Morgan fingerprint density at radius 2 is 1.70 bits per heavy atom. The van der Waals surface area contributed by atoms with Crippen LogP contribution in [0.15, 0.2) is 0 Å². The summed E-state index contributed by atoms with van der Waals surface area (Å²) in [7, 11) is 1.26. The van der Waals surface area contributed by atoms with E-state index >= 15 is 0 Å². The van der Waals surface area contributed by atoms with E-state index in [-0.39, 0.29) is 31.1 Å². The summed E-state index contributed by atoms with van der Waals surface area (Å²) in [5, 5.41) is 2.65. The van der Waals surface area contributed by atoms with E-state index in [4.69, 9.17) is 9.47 Å². The summed E-state index contributed by atoms with van der Waals surface area (Å²) < 4.78 is 10.4. The fraction of sp³-hybridized carbons (Fsp3) is 0.818. The first kappa shape index (κ1) is 24.3. The minimum atomic E-state index is -0.949. The summed E-state index contributed by atoms with van der Waals surface area (Å²) in [6.45, 7) is 1.91. The van der Waals surface area contributed by atoms with E-state index in [1.165, 1.54) is 7.11 Å². The molecule has 0 radical (unpaired) electrons. The summed E-state index contributed by atoms with van der Waals surface area (Å²) in [5.74, 6) is -1.98. The molecule has 0 spiro atoms. The number of likely N-dealkylation sites (tertiary alicyclic amines) is 1. The molecule has 0 aliphatic carbocycles. The molecule has 2 saturated heterocycles. The molecular weight excluding hydrogens is 388 g/mol. The van der Waals surface area contributed by atoms with E-state index in [9.17, 15) is 19.2 Å². The molecule has 2 rings (SSSR count). The standard InChI is InChI=1S/C22H36N2O6/c1-29-22(28)19-16-30-13-9-5-3-2-4-6-10-18(25)14-17(21(27)23-19)15-20(26)24-11-7-8-12-24/h17,19H,2-16H2,1H3,(H,23,27)/t17-,19-/m0/s1. The third-order valence-electron chi connectivity index (χ3n) is 5.81. The molecule has 0 aromatic rings. The Morgan fingerprint density at radius 1 is 1.03 bits per heavy atom. The maximum atomic E-state index is 12.9. The lowest BCUT2D eigenvalue weighted by atomic mass is 9.94. The number of carbonyl (C=O) groups is 4. The van der Waals surface area contributed by atoms with Crippen LogP contribution >= 0.6 is 0 Å². The van der Waals surface area contributed by atoms with Crippen LogP contribution in [0.25, 0.3) is 0 Å². The van der Waals surface area contributed by atoms with Crippen LogP contribution in [0.5, 0.6) is 0 Å². The Labute approximate surface area is 179 Å². The van der Waals surface area contributed by atoms with Crippen molar-refractivity contribution in [1.82, 2.24) is 10.2 Å². The van der Waals surface area contributed by atoms with E-state index < -0.39 is 23.8 Å². The van der Waals surface area contributed by atoms with Crippen molar-refractivity contribution < 1.29 is 28.7 Å². The number of hydrogen-bond donors (Lipinski definition) is 1. The zero-order valence-electron chi connectivity index (χ0n) is 18.2. The average Bonchev–Trinajstić information content (AvgIpc) is 3.27. The summed E-state index contributed by atoms with van der Waals surface area (Å²) in [6.07, 6.45) is 8.19. The van der Waals surface area contributed by atoms with E-state index in [1.807, 2.05) is 0 Å². The van der Waals surface area contributed by atoms with E-state index in [0.717, 1.165) is 51.4 Å². The topological polar surface area (TPSA) is 102 Å². The predicted octanol–water partition coefficient (Wildman–Crippen LogP) is 1.99. The summed E-state index contributed by atoms with van der Waals surface area (Å²) in [5.41, 5.74) is 0. The lowest BCUT2D eigenvalue weighted by molar-refractivity contribution is -0.147. The Hall–Kier alpha value is -1.96. The van der Waals surface area contributed by atoms with Crippen molar-refractivity contribution in [3.05, 3.63) is 0 Å². The number of hydrogen-bond acceptors (Lipinski definition) is 6. The molecule has 2 atom stereocenters. The lowest BCUT2D eigenvalue weighted by Crippen LogP contribution is -2.48. The van der Waals surface area contributed by atoms with Gasteiger partial charge in [0.1, 0.15) is 5.78 Å².